The molecule has 0 fully saturated rings. The first-order chi connectivity index (χ1) is 14.5. The summed E-state index contributed by atoms with van der Waals surface area (Å²) in [6.45, 7) is 1.94. The Morgan fingerprint density at radius 2 is 1.80 bits per heavy atom. The molecule has 9 heteroatoms. The Balaban J connectivity index is 1.55. The van der Waals surface area contributed by atoms with Crippen LogP contribution in [0, 0.1) is 6.92 Å². The second-order valence-electron chi connectivity index (χ2n) is 6.49. The maximum Gasteiger partial charge on any atom is 0.271 e. The molecule has 2 heterocycles. The van der Waals surface area contributed by atoms with E-state index in [2.05, 4.69) is 31.1 Å². The smallest absolute Gasteiger partial charge is 0.271 e. The van der Waals surface area contributed by atoms with Gasteiger partial charge >= 0.3 is 0 Å². The number of aromatic nitrogens is 3. The van der Waals surface area contributed by atoms with Crippen LogP contribution in [0.15, 0.2) is 60.9 Å². The van der Waals surface area contributed by atoms with E-state index in [4.69, 9.17) is 17.3 Å². The van der Waals surface area contributed by atoms with Crippen molar-refractivity contribution in [1.82, 2.24) is 20.4 Å². The number of anilines is 4. The molecular weight excluding hydrogens is 402 g/mol. The van der Waals surface area contributed by atoms with Crippen molar-refractivity contribution >= 4 is 51.4 Å². The van der Waals surface area contributed by atoms with E-state index in [0.29, 0.717) is 16.4 Å². The van der Waals surface area contributed by atoms with E-state index in [9.17, 15) is 4.79 Å². The largest absolute Gasteiger partial charge is 0.393 e. The van der Waals surface area contributed by atoms with Gasteiger partial charge in [-0.2, -0.15) is 0 Å². The number of nitrogens with zero attached hydrogens (tertiary/aromatic N) is 3. The Morgan fingerprint density at radius 1 is 1.00 bits per heavy atom. The fraction of sp³-hybridized carbons (Fsp3) is 0.0476. The third-order valence-electron chi connectivity index (χ3n) is 4.42. The minimum Gasteiger partial charge on any atom is -0.393 e. The van der Waals surface area contributed by atoms with Crippen LogP contribution in [0.25, 0.3) is 10.9 Å². The number of carbonyl (C=O) groups excluding carboxylic acids is 1. The van der Waals surface area contributed by atoms with Gasteiger partial charge in [0, 0.05) is 16.8 Å². The minimum atomic E-state index is -0.413. The second-order valence-corrected chi connectivity index (χ2v) is 6.90. The van der Waals surface area contributed by atoms with Gasteiger partial charge in [0.2, 0.25) is 0 Å². The molecule has 8 nitrogen and oxygen atoms in total. The number of halogens is 1. The van der Waals surface area contributed by atoms with Crippen LogP contribution in [0.2, 0.25) is 5.02 Å². The third-order valence-corrected chi connectivity index (χ3v) is 4.75. The summed E-state index contributed by atoms with van der Waals surface area (Å²) in [5, 5.41) is 4.49. The topological polar surface area (TPSA) is 118 Å². The lowest BCUT2D eigenvalue weighted by Gasteiger charge is -2.14. The number of rotatable bonds is 5. The van der Waals surface area contributed by atoms with E-state index in [1.54, 1.807) is 24.3 Å². The van der Waals surface area contributed by atoms with Crippen LogP contribution in [-0.4, -0.2) is 20.9 Å². The molecule has 0 aliphatic heterocycles. The predicted molar refractivity (Wildman–Crippen MR) is 119 cm³/mol. The molecule has 0 atom stereocenters. The zero-order valence-electron chi connectivity index (χ0n) is 16.0. The molecule has 2 aromatic heterocycles. The Kier molecular flexibility index (Phi) is 5.32. The molecule has 4 aromatic rings. The second kappa shape index (κ2) is 8.22. The van der Waals surface area contributed by atoms with Crippen LogP contribution in [0.3, 0.4) is 0 Å². The number of hydrogen-bond acceptors (Lipinski definition) is 7. The molecule has 0 aliphatic rings. The number of hydrazine groups is 1. The molecular formula is C21H18ClN7O. The van der Waals surface area contributed by atoms with Crippen LogP contribution in [0.1, 0.15) is 16.1 Å². The van der Waals surface area contributed by atoms with Gasteiger partial charge in [-0.3, -0.25) is 20.6 Å². The lowest BCUT2D eigenvalue weighted by atomic mass is 10.1. The van der Waals surface area contributed by atoms with Crippen LogP contribution >= 0.6 is 11.6 Å². The van der Waals surface area contributed by atoms with Crippen molar-refractivity contribution < 1.29 is 4.79 Å². The van der Waals surface area contributed by atoms with Gasteiger partial charge < -0.3 is 11.1 Å². The lowest BCUT2D eigenvalue weighted by Crippen LogP contribution is -2.30. The van der Waals surface area contributed by atoms with Crippen molar-refractivity contribution in [3.8, 4) is 0 Å². The average molecular weight is 420 g/mol. The Morgan fingerprint density at radius 3 is 2.63 bits per heavy atom. The fourth-order valence-electron chi connectivity index (χ4n) is 2.92. The predicted octanol–water partition coefficient (Wildman–Crippen LogP) is 4.07. The number of benzene rings is 2. The highest BCUT2D eigenvalue weighted by molar-refractivity contribution is 6.33. The van der Waals surface area contributed by atoms with Crippen LogP contribution in [-0.2, 0) is 0 Å². The molecule has 0 saturated carbocycles. The number of pyridine rings is 1. The van der Waals surface area contributed by atoms with E-state index < -0.39 is 5.91 Å². The number of nitrogens with two attached hydrogens (primary N) is 1. The monoisotopic (exact) mass is 419 g/mol. The molecule has 1 amide bonds. The summed E-state index contributed by atoms with van der Waals surface area (Å²) in [7, 11) is 0. The van der Waals surface area contributed by atoms with Crippen molar-refractivity contribution in [3.63, 3.8) is 0 Å². The summed E-state index contributed by atoms with van der Waals surface area (Å²) < 4.78 is 0. The molecule has 0 saturated heterocycles. The standard InChI is InChI=1S/C21H18ClN7O/c1-12-9-10-14-16(26-12)7-4-8-17(14)27-19-18(23)20(25-11-24-19)28-29-21(30)13-5-2-3-6-15(13)22/h2-11H,23H2,1H3,(H,29,30)(H2,24,25,27,28). The molecule has 0 unspecified atom stereocenters. The zero-order chi connectivity index (χ0) is 21.1. The lowest BCUT2D eigenvalue weighted by molar-refractivity contribution is 0.0962. The highest BCUT2D eigenvalue weighted by Crippen LogP contribution is 2.29. The zero-order valence-corrected chi connectivity index (χ0v) is 16.7. The molecule has 0 bridgehead atoms. The summed E-state index contributed by atoms with van der Waals surface area (Å²) in [6, 6.07) is 16.4. The average Bonchev–Trinajstić information content (AvgIpc) is 2.74. The number of nitrogens with one attached hydrogen (secondary N) is 3. The molecule has 150 valence electrons. The normalized spacial score (nSPS) is 10.6. The van der Waals surface area contributed by atoms with Crippen molar-refractivity contribution in [1.29, 1.82) is 0 Å². The summed E-state index contributed by atoms with van der Waals surface area (Å²) in [6.07, 6.45) is 1.34. The maximum absolute atomic E-state index is 12.3. The fourth-order valence-corrected chi connectivity index (χ4v) is 3.14. The minimum absolute atomic E-state index is 0.244. The molecule has 4 rings (SSSR count). The van der Waals surface area contributed by atoms with E-state index in [0.717, 1.165) is 22.3 Å². The number of carbonyl (C=O) groups is 1. The van der Waals surface area contributed by atoms with E-state index in [1.807, 2.05) is 37.3 Å². The van der Waals surface area contributed by atoms with Crippen LogP contribution < -0.4 is 21.9 Å². The summed E-state index contributed by atoms with van der Waals surface area (Å²) in [5.74, 6) is 0.235. The van der Waals surface area contributed by atoms with Crippen molar-refractivity contribution in [3.05, 3.63) is 77.2 Å². The number of fused-ring (bicyclic) bond motifs is 1. The summed E-state index contributed by atoms with van der Waals surface area (Å²) >= 11 is 6.05. The molecule has 30 heavy (non-hydrogen) atoms. The first kappa shape index (κ1) is 19.4. The Labute approximate surface area is 177 Å². The van der Waals surface area contributed by atoms with E-state index in [1.165, 1.54) is 6.33 Å². The van der Waals surface area contributed by atoms with Crippen molar-refractivity contribution in [2.75, 3.05) is 16.5 Å². The van der Waals surface area contributed by atoms with Gasteiger partial charge in [0.05, 0.1) is 16.1 Å². The van der Waals surface area contributed by atoms with Crippen LogP contribution in [0.4, 0.5) is 23.0 Å². The molecule has 0 spiro atoms. The quantitative estimate of drug-likeness (QED) is 0.360. The van der Waals surface area contributed by atoms with Crippen LogP contribution in [0.5, 0.6) is 0 Å². The molecule has 0 aliphatic carbocycles. The molecule has 0 radical (unpaired) electrons. The Bertz CT molecular complexity index is 1250. The van der Waals surface area contributed by atoms with Gasteiger partial charge in [-0.05, 0) is 43.3 Å². The van der Waals surface area contributed by atoms with Gasteiger partial charge in [0.1, 0.15) is 12.0 Å². The number of amides is 1. The highest BCUT2D eigenvalue weighted by Gasteiger charge is 2.13. The summed E-state index contributed by atoms with van der Waals surface area (Å²) in [4.78, 5) is 25.2. The highest BCUT2D eigenvalue weighted by atomic mass is 35.5. The maximum atomic E-state index is 12.3. The van der Waals surface area contributed by atoms with Gasteiger partial charge in [0.15, 0.2) is 11.6 Å². The van der Waals surface area contributed by atoms with E-state index in [-0.39, 0.29) is 11.5 Å². The van der Waals surface area contributed by atoms with E-state index >= 15 is 0 Å². The molecule has 2 aromatic carbocycles. The number of aryl methyl sites for hydroxylation is 1. The first-order valence-corrected chi connectivity index (χ1v) is 9.45. The van der Waals surface area contributed by atoms with Crippen molar-refractivity contribution in [2.24, 2.45) is 0 Å². The SMILES string of the molecule is Cc1ccc2c(Nc3ncnc(NNC(=O)c4ccccc4Cl)c3N)cccc2n1. The van der Waals surface area contributed by atoms with Gasteiger partial charge in [-0.15, -0.1) is 0 Å². The third kappa shape index (κ3) is 3.94. The number of nitrogen functional groups attached to an aromatic ring is 1. The van der Waals surface area contributed by atoms with Crippen molar-refractivity contribution in [2.45, 2.75) is 6.92 Å². The Hall–Kier alpha value is -3.91. The summed E-state index contributed by atoms with van der Waals surface area (Å²) in [5.41, 5.74) is 14.6. The molecule has 5 N–H and O–H groups in total. The van der Waals surface area contributed by atoms with Gasteiger partial charge in [0.25, 0.3) is 5.91 Å². The first-order valence-electron chi connectivity index (χ1n) is 9.07. The van der Waals surface area contributed by atoms with Gasteiger partial charge in [-0.25, -0.2) is 9.97 Å². The van der Waals surface area contributed by atoms with Gasteiger partial charge in [-0.1, -0.05) is 29.8 Å². The number of hydrogen-bond donors (Lipinski definition) is 4.